The summed E-state index contributed by atoms with van der Waals surface area (Å²) in [5.74, 6) is 0.833. The number of hydrogen-bond donors (Lipinski definition) is 0. The second-order valence-corrected chi connectivity index (χ2v) is 7.51. The molecule has 2 heterocycles. The first-order chi connectivity index (χ1) is 13.6. The van der Waals surface area contributed by atoms with Crippen LogP contribution in [0.4, 0.5) is 0 Å². The SMILES string of the molecule is O=C1N=C([O-])SC1Cc1ccc(OCCN2COc3ccccc3C2=O)cc1.[Na+]. The van der Waals surface area contributed by atoms with Crippen LogP contribution in [0.2, 0.25) is 0 Å². The van der Waals surface area contributed by atoms with Crippen LogP contribution in [0, 0.1) is 0 Å². The Labute approximate surface area is 194 Å². The molecule has 0 saturated carbocycles. The topological polar surface area (TPSA) is 91.3 Å². The summed E-state index contributed by atoms with van der Waals surface area (Å²) in [6.07, 6.45) is 0.456. The van der Waals surface area contributed by atoms with Crippen LogP contribution in [0.5, 0.6) is 11.5 Å². The number of thioether (sulfide) groups is 1. The average molecular weight is 420 g/mol. The molecule has 0 saturated heterocycles. The van der Waals surface area contributed by atoms with Crippen molar-refractivity contribution < 1.29 is 53.7 Å². The molecule has 0 bridgehead atoms. The maximum atomic E-state index is 12.4. The number of carbonyl (C=O) groups excluding carboxylic acids is 2. The number of benzene rings is 2. The standard InChI is InChI=1S/C20H18N2O5S.Na/c23-18-17(28-20(25)21-18)11-13-5-7-14(8-6-13)26-10-9-22-12-27-16-4-2-1-3-15(16)19(22)24;/h1-8,17H,9-12H2,(H,21,23,25);/q;+1/p-1. The third-order valence-corrected chi connectivity index (χ3v) is 5.42. The summed E-state index contributed by atoms with van der Waals surface area (Å²) in [5.41, 5.74) is 1.49. The predicted molar refractivity (Wildman–Crippen MR) is 102 cm³/mol. The molecule has 4 rings (SSSR count). The fourth-order valence-electron chi connectivity index (χ4n) is 3.01. The van der Waals surface area contributed by atoms with Gasteiger partial charge in [0, 0.05) is 5.23 Å². The molecule has 2 amide bonds. The van der Waals surface area contributed by atoms with Crippen molar-refractivity contribution in [2.75, 3.05) is 19.9 Å². The summed E-state index contributed by atoms with van der Waals surface area (Å²) >= 11 is 0.962. The molecule has 0 aliphatic carbocycles. The van der Waals surface area contributed by atoms with Gasteiger partial charge in [-0.25, -0.2) is 4.99 Å². The molecule has 2 aliphatic rings. The molecular weight excluding hydrogens is 403 g/mol. The van der Waals surface area contributed by atoms with E-state index in [-0.39, 0.29) is 48.1 Å². The van der Waals surface area contributed by atoms with Crippen LogP contribution in [0.15, 0.2) is 53.5 Å². The molecule has 7 nitrogen and oxygen atoms in total. The number of amides is 2. The first-order valence-corrected chi connectivity index (χ1v) is 9.67. The van der Waals surface area contributed by atoms with Gasteiger partial charge in [0.25, 0.3) is 11.8 Å². The largest absolute Gasteiger partial charge is 1.00 e. The summed E-state index contributed by atoms with van der Waals surface area (Å²) in [6.45, 7) is 0.946. The Morgan fingerprint density at radius 1 is 1.17 bits per heavy atom. The van der Waals surface area contributed by atoms with E-state index in [9.17, 15) is 14.7 Å². The van der Waals surface area contributed by atoms with Gasteiger partial charge in [-0.15, -0.1) is 11.8 Å². The van der Waals surface area contributed by atoms with Crippen molar-refractivity contribution in [2.24, 2.45) is 4.99 Å². The third kappa shape index (κ3) is 5.14. The molecule has 2 aromatic carbocycles. The van der Waals surface area contributed by atoms with E-state index in [4.69, 9.17) is 9.47 Å². The molecular formula is C20H17N2NaO5S. The molecule has 2 aromatic rings. The van der Waals surface area contributed by atoms with Crippen molar-refractivity contribution in [3.05, 3.63) is 59.7 Å². The molecule has 144 valence electrons. The van der Waals surface area contributed by atoms with Crippen LogP contribution < -0.4 is 44.1 Å². The van der Waals surface area contributed by atoms with Gasteiger partial charge >= 0.3 is 29.6 Å². The van der Waals surface area contributed by atoms with Crippen LogP contribution in [-0.4, -0.2) is 47.1 Å². The minimum atomic E-state index is -0.438. The van der Waals surface area contributed by atoms with Crippen LogP contribution in [-0.2, 0) is 11.2 Å². The molecule has 0 aromatic heterocycles. The van der Waals surface area contributed by atoms with E-state index in [0.717, 1.165) is 17.3 Å². The van der Waals surface area contributed by atoms with Crippen molar-refractivity contribution in [3.8, 4) is 11.5 Å². The summed E-state index contributed by atoms with van der Waals surface area (Å²) in [7, 11) is 0. The van der Waals surface area contributed by atoms with Crippen LogP contribution >= 0.6 is 11.8 Å². The van der Waals surface area contributed by atoms with Crippen molar-refractivity contribution in [1.82, 2.24) is 4.90 Å². The van der Waals surface area contributed by atoms with Gasteiger partial charge in [0.1, 0.15) is 18.1 Å². The van der Waals surface area contributed by atoms with Crippen molar-refractivity contribution in [2.45, 2.75) is 11.7 Å². The number of carbonyl (C=O) groups is 2. The number of nitrogens with zero attached hydrogens (tertiary/aromatic N) is 2. The van der Waals surface area contributed by atoms with E-state index in [1.165, 1.54) is 0 Å². The number of rotatable bonds is 6. The van der Waals surface area contributed by atoms with Gasteiger partial charge in [-0.3, -0.25) is 9.59 Å². The summed E-state index contributed by atoms with van der Waals surface area (Å²) in [4.78, 5) is 29.0. The van der Waals surface area contributed by atoms with E-state index in [1.54, 1.807) is 17.0 Å². The minimum Gasteiger partial charge on any atom is -0.854 e. The fourth-order valence-corrected chi connectivity index (χ4v) is 3.83. The monoisotopic (exact) mass is 420 g/mol. The Morgan fingerprint density at radius 2 is 1.93 bits per heavy atom. The van der Waals surface area contributed by atoms with Crippen molar-refractivity contribution in [1.29, 1.82) is 0 Å². The van der Waals surface area contributed by atoms with Gasteiger partial charge in [0.05, 0.1) is 17.4 Å². The van der Waals surface area contributed by atoms with Gasteiger partial charge in [-0.05, 0) is 36.2 Å². The number of fused-ring (bicyclic) bond motifs is 1. The van der Waals surface area contributed by atoms with Gasteiger partial charge in [0.2, 0.25) is 0 Å². The molecule has 0 N–H and O–H groups in total. The second kappa shape index (κ2) is 9.67. The van der Waals surface area contributed by atoms with E-state index in [1.807, 2.05) is 36.4 Å². The first kappa shape index (κ1) is 21.7. The second-order valence-electron chi connectivity index (χ2n) is 6.36. The molecule has 0 radical (unpaired) electrons. The fraction of sp³-hybridized carbons (Fsp3) is 0.250. The van der Waals surface area contributed by atoms with Crippen LogP contribution in [0.1, 0.15) is 15.9 Å². The Bertz CT molecular complexity index is 935. The number of hydrogen-bond acceptors (Lipinski definition) is 6. The normalized spacial score (nSPS) is 17.9. The summed E-state index contributed by atoms with van der Waals surface area (Å²) in [6, 6.07) is 14.5. The van der Waals surface area contributed by atoms with Crippen molar-refractivity contribution >= 4 is 28.8 Å². The Hall–Kier alpha value is -2.00. The Morgan fingerprint density at radius 3 is 2.66 bits per heavy atom. The maximum absolute atomic E-state index is 12.4. The van der Waals surface area contributed by atoms with E-state index in [0.29, 0.717) is 36.6 Å². The zero-order chi connectivity index (χ0) is 19.5. The number of para-hydroxylation sites is 1. The molecule has 2 aliphatic heterocycles. The molecule has 29 heavy (non-hydrogen) atoms. The summed E-state index contributed by atoms with van der Waals surface area (Å²) in [5, 5.41) is 10.3. The minimum absolute atomic E-state index is 0. The maximum Gasteiger partial charge on any atom is 1.00 e. The predicted octanol–water partition coefficient (Wildman–Crippen LogP) is -1.54. The van der Waals surface area contributed by atoms with Gasteiger partial charge in [-0.2, -0.15) is 0 Å². The van der Waals surface area contributed by atoms with Crippen LogP contribution in [0.25, 0.3) is 0 Å². The van der Waals surface area contributed by atoms with Crippen LogP contribution in [0.3, 0.4) is 0 Å². The molecule has 0 spiro atoms. The molecule has 9 heteroatoms. The van der Waals surface area contributed by atoms with E-state index >= 15 is 0 Å². The van der Waals surface area contributed by atoms with Gasteiger partial charge in [0.15, 0.2) is 6.73 Å². The smallest absolute Gasteiger partial charge is 0.854 e. The number of ether oxygens (including phenoxy) is 2. The van der Waals surface area contributed by atoms with E-state index in [2.05, 4.69) is 4.99 Å². The van der Waals surface area contributed by atoms with Gasteiger partial charge in [-0.1, -0.05) is 24.3 Å². The first-order valence-electron chi connectivity index (χ1n) is 8.79. The molecule has 1 atom stereocenters. The van der Waals surface area contributed by atoms with Gasteiger partial charge < -0.3 is 19.5 Å². The zero-order valence-electron chi connectivity index (χ0n) is 15.9. The Balaban J connectivity index is 0.00000240. The zero-order valence-corrected chi connectivity index (χ0v) is 18.7. The Kier molecular flexibility index (Phi) is 7.23. The summed E-state index contributed by atoms with van der Waals surface area (Å²) < 4.78 is 11.3. The molecule has 1 unspecified atom stereocenters. The van der Waals surface area contributed by atoms with Crippen molar-refractivity contribution in [3.63, 3.8) is 0 Å². The third-order valence-electron chi connectivity index (χ3n) is 4.47. The quantitative estimate of drug-likeness (QED) is 0.527. The molecule has 0 fully saturated rings. The average Bonchev–Trinajstić information content (AvgIpc) is 3.02. The number of aliphatic imine (C=N–C) groups is 1. The van der Waals surface area contributed by atoms with E-state index < -0.39 is 10.5 Å².